The summed E-state index contributed by atoms with van der Waals surface area (Å²) in [5.41, 5.74) is 3.82. The van der Waals surface area contributed by atoms with Crippen LogP contribution in [0.2, 0.25) is 0 Å². The van der Waals surface area contributed by atoms with E-state index in [0.717, 1.165) is 22.6 Å². The van der Waals surface area contributed by atoms with Crippen LogP contribution in [-0.4, -0.2) is 21.2 Å². The summed E-state index contributed by atoms with van der Waals surface area (Å²) < 4.78 is 19.8. The Labute approximate surface area is 132 Å². The predicted octanol–water partition coefficient (Wildman–Crippen LogP) is 4.00. The maximum atomic E-state index is 12.5. The standard InChI is InChI=1S/C16H16FN3OS/c1-3-21-16-10-15-18-11(2)8-13(20(15)19-16)9-12-4-6-14(22-17)7-5-12/h4-8,10H,3,9H2,1-2H3. The number of hydrogen-bond acceptors (Lipinski definition) is 4. The molecule has 0 spiro atoms. The van der Waals surface area contributed by atoms with Gasteiger partial charge in [-0.05, 0) is 37.6 Å². The molecule has 0 unspecified atom stereocenters. The Hall–Kier alpha value is -2.08. The minimum atomic E-state index is 0.254. The van der Waals surface area contributed by atoms with Gasteiger partial charge in [0.1, 0.15) is 0 Å². The molecular formula is C16H16FN3OS. The van der Waals surface area contributed by atoms with Crippen LogP contribution in [0.15, 0.2) is 41.3 Å². The van der Waals surface area contributed by atoms with E-state index >= 15 is 0 Å². The lowest BCUT2D eigenvalue weighted by Gasteiger charge is -2.06. The third-order valence-corrected chi connectivity index (χ3v) is 3.75. The van der Waals surface area contributed by atoms with Gasteiger partial charge in [0.05, 0.1) is 24.4 Å². The van der Waals surface area contributed by atoms with Gasteiger partial charge < -0.3 is 4.74 Å². The molecule has 0 fully saturated rings. The van der Waals surface area contributed by atoms with Crippen molar-refractivity contribution in [1.29, 1.82) is 0 Å². The van der Waals surface area contributed by atoms with E-state index < -0.39 is 0 Å². The molecule has 114 valence electrons. The zero-order chi connectivity index (χ0) is 15.5. The lowest BCUT2D eigenvalue weighted by Crippen LogP contribution is -2.03. The Morgan fingerprint density at radius 2 is 2.00 bits per heavy atom. The van der Waals surface area contributed by atoms with Crippen molar-refractivity contribution in [3.8, 4) is 5.88 Å². The predicted molar refractivity (Wildman–Crippen MR) is 85.1 cm³/mol. The number of rotatable bonds is 5. The van der Waals surface area contributed by atoms with E-state index in [4.69, 9.17) is 4.74 Å². The van der Waals surface area contributed by atoms with Crippen molar-refractivity contribution in [1.82, 2.24) is 14.6 Å². The highest BCUT2D eigenvalue weighted by Gasteiger charge is 2.09. The van der Waals surface area contributed by atoms with E-state index in [1.165, 1.54) is 0 Å². The molecule has 0 atom stereocenters. The smallest absolute Gasteiger partial charge is 0.235 e. The molecule has 0 N–H and O–H groups in total. The zero-order valence-corrected chi connectivity index (χ0v) is 13.2. The minimum absolute atomic E-state index is 0.254. The quantitative estimate of drug-likeness (QED) is 0.713. The lowest BCUT2D eigenvalue weighted by molar-refractivity contribution is 0.325. The summed E-state index contributed by atoms with van der Waals surface area (Å²) in [7, 11) is 0. The van der Waals surface area contributed by atoms with Crippen LogP contribution in [-0.2, 0) is 6.42 Å². The summed E-state index contributed by atoms with van der Waals surface area (Å²) >= 11 is 0.254. The van der Waals surface area contributed by atoms with Gasteiger partial charge in [-0.2, -0.15) is 3.89 Å². The first kappa shape index (κ1) is 14.8. The maximum absolute atomic E-state index is 12.5. The molecule has 4 nitrogen and oxygen atoms in total. The molecule has 3 rings (SSSR count). The Kier molecular flexibility index (Phi) is 4.29. The van der Waals surface area contributed by atoms with Crippen LogP contribution >= 0.6 is 12.1 Å². The van der Waals surface area contributed by atoms with Crippen LogP contribution in [0.4, 0.5) is 3.89 Å². The van der Waals surface area contributed by atoms with Gasteiger partial charge >= 0.3 is 0 Å². The first-order chi connectivity index (χ1) is 10.7. The van der Waals surface area contributed by atoms with Crippen LogP contribution in [0.25, 0.3) is 5.65 Å². The molecule has 3 aromatic rings. The number of hydrogen-bond donors (Lipinski definition) is 0. The molecule has 0 bridgehead atoms. The van der Waals surface area contributed by atoms with E-state index in [1.807, 2.05) is 38.1 Å². The van der Waals surface area contributed by atoms with E-state index in [0.29, 0.717) is 23.8 Å². The highest BCUT2D eigenvalue weighted by molar-refractivity contribution is 7.94. The third-order valence-electron chi connectivity index (χ3n) is 3.30. The molecule has 0 radical (unpaired) electrons. The van der Waals surface area contributed by atoms with Crippen molar-refractivity contribution in [2.45, 2.75) is 25.2 Å². The topological polar surface area (TPSA) is 39.4 Å². The SMILES string of the molecule is CCOc1cc2nc(C)cc(Cc3ccc(SF)cc3)n2n1. The van der Waals surface area contributed by atoms with Gasteiger partial charge in [0.25, 0.3) is 0 Å². The molecule has 0 aliphatic carbocycles. The van der Waals surface area contributed by atoms with Gasteiger partial charge in [-0.25, -0.2) is 9.50 Å². The summed E-state index contributed by atoms with van der Waals surface area (Å²) in [6.45, 7) is 4.45. The summed E-state index contributed by atoms with van der Waals surface area (Å²) in [5.74, 6) is 0.575. The van der Waals surface area contributed by atoms with Gasteiger partial charge in [0.15, 0.2) is 5.65 Å². The van der Waals surface area contributed by atoms with Crippen molar-refractivity contribution >= 4 is 17.8 Å². The van der Waals surface area contributed by atoms with Crippen LogP contribution < -0.4 is 4.74 Å². The summed E-state index contributed by atoms with van der Waals surface area (Å²) in [5, 5.41) is 4.44. The second kappa shape index (κ2) is 6.36. The number of benzene rings is 1. The van der Waals surface area contributed by atoms with Crippen molar-refractivity contribution in [3.63, 3.8) is 0 Å². The first-order valence-electron chi connectivity index (χ1n) is 7.06. The molecule has 0 aliphatic heterocycles. The summed E-state index contributed by atoms with van der Waals surface area (Å²) in [4.78, 5) is 5.08. The molecule has 0 amide bonds. The zero-order valence-electron chi connectivity index (χ0n) is 12.4. The molecule has 0 aliphatic rings. The number of halogens is 1. The molecular weight excluding hydrogens is 301 g/mol. The number of aryl methyl sites for hydroxylation is 1. The molecule has 0 saturated heterocycles. The van der Waals surface area contributed by atoms with E-state index in [-0.39, 0.29) is 12.1 Å². The van der Waals surface area contributed by atoms with Gasteiger partial charge in [0, 0.05) is 23.1 Å². The number of nitrogens with zero attached hydrogens (tertiary/aromatic N) is 3. The second-order valence-electron chi connectivity index (χ2n) is 4.97. The lowest BCUT2D eigenvalue weighted by atomic mass is 10.1. The fourth-order valence-corrected chi connectivity index (χ4v) is 2.61. The van der Waals surface area contributed by atoms with Crippen LogP contribution in [0.3, 0.4) is 0 Å². The van der Waals surface area contributed by atoms with Gasteiger partial charge in [0.2, 0.25) is 5.88 Å². The Balaban J connectivity index is 1.97. The highest BCUT2D eigenvalue weighted by Crippen LogP contribution is 2.21. The largest absolute Gasteiger partial charge is 0.477 e. The van der Waals surface area contributed by atoms with E-state index in [2.05, 4.69) is 10.1 Å². The number of fused-ring (bicyclic) bond motifs is 1. The summed E-state index contributed by atoms with van der Waals surface area (Å²) in [6.07, 6.45) is 0.699. The normalized spacial score (nSPS) is 11.0. The number of ether oxygens (including phenoxy) is 1. The first-order valence-corrected chi connectivity index (χ1v) is 7.78. The third kappa shape index (κ3) is 3.06. The fourth-order valence-electron chi connectivity index (χ4n) is 2.37. The van der Waals surface area contributed by atoms with Crippen molar-refractivity contribution < 1.29 is 8.62 Å². The molecule has 2 aromatic heterocycles. The minimum Gasteiger partial charge on any atom is -0.477 e. The van der Waals surface area contributed by atoms with Gasteiger partial charge in [-0.3, -0.25) is 0 Å². The van der Waals surface area contributed by atoms with Gasteiger partial charge in [-0.15, -0.1) is 5.10 Å². The molecule has 0 saturated carbocycles. The van der Waals surface area contributed by atoms with Crippen LogP contribution in [0, 0.1) is 6.92 Å². The summed E-state index contributed by atoms with van der Waals surface area (Å²) in [6, 6.07) is 11.3. The van der Waals surface area contributed by atoms with Crippen molar-refractivity contribution in [3.05, 3.63) is 53.3 Å². The molecule has 1 aromatic carbocycles. The maximum Gasteiger partial charge on any atom is 0.235 e. The van der Waals surface area contributed by atoms with Crippen molar-refractivity contribution in [2.24, 2.45) is 0 Å². The molecule has 2 heterocycles. The Morgan fingerprint density at radius 3 is 2.68 bits per heavy atom. The van der Waals surface area contributed by atoms with Gasteiger partial charge in [-0.1, -0.05) is 12.1 Å². The van der Waals surface area contributed by atoms with E-state index in [9.17, 15) is 3.89 Å². The van der Waals surface area contributed by atoms with E-state index in [1.54, 1.807) is 16.6 Å². The average Bonchev–Trinajstić information content (AvgIpc) is 2.91. The Morgan fingerprint density at radius 1 is 1.23 bits per heavy atom. The van der Waals surface area contributed by atoms with Crippen LogP contribution in [0.1, 0.15) is 23.9 Å². The Bertz CT molecular complexity index is 786. The monoisotopic (exact) mass is 317 g/mol. The highest BCUT2D eigenvalue weighted by atomic mass is 32.2. The molecule has 22 heavy (non-hydrogen) atoms. The average molecular weight is 317 g/mol. The molecule has 6 heteroatoms. The number of aromatic nitrogens is 3. The fraction of sp³-hybridized carbons (Fsp3) is 0.250. The van der Waals surface area contributed by atoms with Crippen molar-refractivity contribution in [2.75, 3.05) is 6.61 Å². The van der Waals surface area contributed by atoms with Crippen LogP contribution in [0.5, 0.6) is 5.88 Å². The second-order valence-corrected chi connectivity index (χ2v) is 5.60.